The van der Waals surface area contributed by atoms with E-state index in [-0.39, 0.29) is 11.1 Å². The number of aromatic nitrogens is 2. The van der Waals surface area contributed by atoms with Crippen molar-refractivity contribution >= 4 is 23.3 Å². The van der Waals surface area contributed by atoms with Crippen molar-refractivity contribution in [3.63, 3.8) is 0 Å². The fourth-order valence-corrected chi connectivity index (χ4v) is 3.40. The molecule has 6 heteroatoms. The number of hydrogen-bond acceptors (Lipinski definition) is 5. The van der Waals surface area contributed by atoms with Gasteiger partial charge in [-0.25, -0.2) is 9.37 Å². The Morgan fingerprint density at radius 3 is 2.67 bits per heavy atom. The maximum Gasteiger partial charge on any atom is 0.170 e. The van der Waals surface area contributed by atoms with Crippen molar-refractivity contribution in [2.45, 2.75) is 22.9 Å². The van der Waals surface area contributed by atoms with E-state index in [0.29, 0.717) is 6.54 Å². The van der Waals surface area contributed by atoms with Crippen LogP contribution in [-0.2, 0) is 6.42 Å². The number of halogens is 1. The lowest BCUT2D eigenvalue weighted by atomic mass is 10.1. The van der Waals surface area contributed by atoms with E-state index < -0.39 is 0 Å². The number of thioether (sulfide) groups is 1. The minimum Gasteiger partial charge on any atom is -0.329 e. The molecule has 1 aromatic carbocycles. The largest absolute Gasteiger partial charge is 0.329 e. The standard InChI is InChI=1S/C12H14FN3S2/c1-2-11-15-12(18-16-11)17-10(7-14)8-3-5-9(13)6-4-8/h3-6,10H,2,7,14H2,1H3. The summed E-state index contributed by atoms with van der Waals surface area (Å²) in [7, 11) is 0. The molecule has 0 aliphatic rings. The molecule has 0 radical (unpaired) electrons. The zero-order chi connectivity index (χ0) is 13.0. The van der Waals surface area contributed by atoms with Crippen molar-refractivity contribution in [2.75, 3.05) is 6.54 Å². The number of aryl methyl sites for hydroxylation is 1. The minimum absolute atomic E-state index is 0.0863. The van der Waals surface area contributed by atoms with Crippen molar-refractivity contribution in [2.24, 2.45) is 5.73 Å². The molecule has 0 aliphatic carbocycles. The van der Waals surface area contributed by atoms with E-state index in [4.69, 9.17) is 5.73 Å². The molecule has 3 nitrogen and oxygen atoms in total. The van der Waals surface area contributed by atoms with Crippen molar-refractivity contribution in [1.29, 1.82) is 0 Å². The van der Waals surface area contributed by atoms with Crippen LogP contribution in [0.2, 0.25) is 0 Å². The van der Waals surface area contributed by atoms with Gasteiger partial charge in [-0.3, -0.25) is 0 Å². The van der Waals surface area contributed by atoms with Crippen LogP contribution < -0.4 is 5.73 Å². The summed E-state index contributed by atoms with van der Waals surface area (Å²) in [5.74, 6) is 0.626. The molecule has 0 aliphatic heterocycles. The summed E-state index contributed by atoms with van der Waals surface area (Å²) in [6.45, 7) is 2.51. The third kappa shape index (κ3) is 3.28. The van der Waals surface area contributed by atoms with E-state index in [1.165, 1.54) is 23.7 Å². The van der Waals surface area contributed by atoms with Crippen LogP contribution in [0.3, 0.4) is 0 Å². The topological polar surface area (TPSA) is 51.8 Å². The van der Waals surface area contributed by atoms with Crippen LogP contribution in [0, 0.1) is 5.82 Å². The average molecular weight is 283 g/mol. The van der Waals surface area contributed by atoms with Crippen molar-refractivity contribution in [3.8, 4) is 0 Å². The summed E-state index contributed by atoms with van der Waals surface area (Å²) in [6.07, 6.45) is 0.834. The zero-order valence-electron chi connectivity index (χ0n) is 9.97. The second-order valence-corrected chi connectivity index (χ2v) is 5.93. The first-order chi connectivity index (χ1) is 8.72. The molecule has 0 bridgehead atoms. The predicted molar refractivity (Wildman–Crippen MR) is 73.3 cm³/mol. The molecule has 18 heavy (non-hydrogen) atoms. The quantitative estimate of drug-likeness (QED) is 0.857. The molecule has 1 aromatic heterocycles. The molecule has 0 spiro atoms. The number of nitrogens with zero attached hydrogens (tertiary/aromatic N) is 2. The first-order valence-electron chi connectivity index (χ1n) is 5.67. The highest BCUT2D eigenvalue weighted by atomic mass is 32.2. The SMILES string of the molecule is CCc1nsc(SC(CN)c2ccc(F)cc2)n1. The fraction of sp³-hybridized carbons (Fsp3) is 0.333. The van der Waals surface area contributed by atoms with Gasteiger partial charge in [0, 0.05) is 18.2 Å². The third-order valence-electron chi connectivity index (χ3n) is 2.46. The summed E-state index contributed by atoms with van der Waals surface area (Å²) < 4.78 is 18.0. The van der Waals surface area contributed by atoms with Gasteiger partial charge in [-0.2, -0.15) is 4.37 Å². The van der Waals surface area contributed by atoms with E-state index in [1.807, 2.05) is 6.92 Å². The van der Waals surface area contributed by atoms with Gasteiger partial charge in [-0.1, -0.05) is 30.8 Å². The lowest BCUT2D eigenvalue weighted by Crippen LogP contribution is -2.09. The summed E-state index contributed by atoms with van der Waals surface area (Å²) in [6, 6.07) is 6.44. The summed E-state index contributed by atoms with van der Waals surface area (Å²) in [5, 5.41) is 0.0863. The van der Waals surface area contributed by atoms with Gasteiger partial charge in [0.2, 0.25) is 0 Å². The van der Waals surface area contributed by atoms with E-state index in [2.05, 4.69) is 9.36 Å². The van der Waals surface area contributed by atoms with Gasteiger partial charge in [-0.15, -0.1) is 0 Å². The molecule has 2 N–H and O–H groups in total. The Balaban J connectivity index is 2.11. The molecular weight excluding hydrogens is 269 g/mol. The highest BCUT2D eigenvalue weighted by molar-refractivity contribution is 8.01. The van der Waals surface area contributed by atoms with Gasteiger partial charge in [0.15, 0.2) is 4.34 Å². The van der Waals surface area contributed by atoms with Crippen molar-refractivity contribution in [1.82, 2.24) is 9.36 Å². The number of benzene rings is 1. The third-order valence-corrected chi connectivity index (χ3v) is 4.57. The predicted octanol–water partition coefficient (Wildman–Crippen LogP) is 3.03. The summed E-state index contributed by atoms with van der Waals surface area (Å²) in [5.41, 5.74) is 6.78. The lowest BCUT2D eigenvalue weighted by molar-refractivity contribution is 0.627. The molecule has 0 saturated heterocycles. The van der Waals surface area contributed by atoms with Crippen LogP contribution in [-0.4, -0.2) is 15.9 Å². The summed E-state index contributed by atoms with van der Waals surface area (Å²) >= 11 is 2.97. The highest BCUT2D eigenvalue weighted by Crippen LogP contribution is 2.35. The normalized spacial score (nSPS) is 12.6. The van der Waals surface area contributed by atoms with Crippen LogP contribution in [0.5, 0.6) is 0 Å². The van der Waals surface area contributed by atoms with Crippen molar-refractivity contribution in [3.05, 3.63) is 41.5 Å². The number of rotatable bonds is 5. The van der Waals surface area contributed by atoms with E-state index in [1.54, 1.807) is 23.9 Å². The van der Waals surface area contributed by atoms with Crippen molar-refractivity contribution < 1.29 is 4.39 Å². The highest BCUT2D eigenvalue weighted by Gasteiger charge is 2.14. The maximum atomic E-state index is 12.9. The maximum absolute atomic E-state index is 12.9. The molecule has 0 amide bonds. The number of hydrogen-bond donors (Lipinski definition) is 1. The van der Waals surface area contributed by atoms with Crippen LogP contribution >= 0.6 is 23.3 Å². The summed E-state index contributed by atoms with van der Waals surface area (Å²) in [4.78, 5) is 4.40. The second-order valence-electron chi connectivity index (χ2n) is 3.72. The Morgan fingerprint density at radius 1 is 1.39 bits per heavy atom. The second kappa shape index (κ2) is 6.26. The number of nitrogens with two attached hydrogens (primary N) is 1. The van der Waals surface area contributed by atoms with Gasteiger partial charge in [0.25, 0.3) is 0 Å². The van der Waals surface area contributed by atoms with E-state index in [0.717, 1.165) is 22.1 Å². The molecule has 96 valence electrons. The van der Waals surface area contributed by atoms with Crippen LogP contribution in [0.1, 0.15) is 23.6 Å². The average Bonchev–Trinajstić information content (AvgIpc) is 2.85. The fourth-order valence-electron chi connectivity index (χ4n) is 1.48. The van der Waals surface area contributed by atoms with Crippen LogP contribution in [0.15, 0.2) is 28.6 Å². The van der Waals surface area contributed by atoms with Crippen LogP contribution in [0.4, 0.5) is 4.39 Å². The smallest absolute Gasteiger partial charge is 0.170 e. The molecular formula is C12H14FN3S2. The molecule has 0 fully saturated rings. The Kier molecular flexibility index (Phi) is 4.68. The van der Waals surface area contributed by atoms with Gasteiger partial charge in [-0.05, 0) is 29.2 Å². The Hall–Kier alpha value is -0.980. The molecule has 2 aromatic rings. The Morgan fingerprint density at radius 2 is 2.11 bits per heavy atom. The van der Waals surface area contributed by atoms with E-state index >= 15 is 0 Å². The Labute approximate surface area is 114 Å². The first kappa shape index (κ1) is 13.5. The molecule has 0 saturated carbocycles. The first-order valence-corrected chi connectivity index (χ1v) is 7.33. The molecule has 1 unspecified atom stereocenters. The molecule has 1 atom stereocenters. The van der Waals surface area contributed by atoms with Gasteiger partial charge >= 0.3 is 0 Å². The van der Waals surface area contributed by atoms with Crippen LogP contribution in [0.25, 0.3) is 0 Å². The molecule has 2 rings (SSSR count). The van der Waals surface area contributed by atoms with Gasteiger partial charge in [0.1, 0.15) is 11.6 Å². The molecule has 1 heterocycles. The lowest BCUT2D eigenvalue weighted by Gasteiger charge is -2.12. The monoisotopic (exact) mass is 283 g/mol. The van der Waals surface area contributed by atoms with E-state index in [9.17, 15) is 4.39 Å². The zero-order valence-corrected chi connectivity index (χ0v) is 11.6. The minimum atomic E-state index is -0.233. The van der Waals surface area contributed by atoms with Gasteiger partial charge in [0.05, 0.1) is 0 Å². The van der Waals surface area contributed by atoms with Gasteiger partial charge < -0.3 is 5.73 Å². The Bertz CT molecular complexity index is 498.